The molecule has 1 aliphatic carbocycles. The van der Waals surface area contributed by atoms with Crippen molar-refractivity contribution in [3.05, 3.63) is 45.9 Å². The first kappa shape index (κ1) is 18.4. The Bertz CT molecular complexity index is 808. The van der Waals surface area contributed by atoms with E-state index in [0.29, 0.717) is 24.7 Å². The Morgan fingerprint density at radius 2 is 2.04 bits per heavy atom. The average molecular weight is 387 g/mol. The largest absolute Gasteiger partial charge is 0.486 e. The molecular weight excluding hydrogens is 360 g/mol. The molecule has 1 amide bonds. The van der Waals surface area contributed by atoms with Gasteiger partial charge in [-0.25, -0.2) is 0 Å². The number of hydrogen-bond donors (Lipinski definition) is 1. The second kappa shape index (κ2) is 7.60. The Labute approximate surface area is 164 Å². The number of aliphatic hydroxyl groups is 1. The number of hydrogen-bond acceptors (Lipinski definition) is 5. The summed E-state index contributed by atoms with van der Waals surface area (Å²) in [7, 11) is 0. The predicted molar refractivity (Wildman–Crippen MR) is 105 cm³/mol. The van der Waals surface area contributed by atoms with E-state index in [1.807, 2.05) is 48.4 Å². The molecule has 0 unspecified atom stereocenters. The average Bonchev–Trinajstić information content (AvgIpc) is 3.27. The van der Waals surface area contributed by atoms with E-state index in [-0.39, 0.29) is 12.0 Å². The van der Waals surface area contributed by atoms with E-state index in [2.05, 4.69) is 4.98 Å². The SMILES string of the molecule is Cc1ccc(O[C@@H]2C[C@@H]3CN(C(=O)Cc4cccs4)C[C@@H]3C[C@H]2O)c(C)n1. The monoisotopic (exact) mass is 386 g/mol. The highest BCUT2D eigenvalue weighted by atomic mass is 32.1. The van der Waals surface area contributed by atoms with Gasteiger partial charge in [-0.15, -0.1) is 11.3 Å². The van der Waals surface area contributed by atoms with Crippen LogP contribution in [0.2, 0.25) is 0 Å². The maximum absolute atomic E-state index is 12.6. The first-order valence-corrected chi connectivity index (χ1v) is 10.5. The summed E-state index contributed by atoms with van der Waals surface area (Å²) in [4.78, 5) is 20.1. The molecule has 4 atom stereocenters. The molecular formula is C21H26N2O3S. The van der Waals surface area contributed by atoms with Crippen LogP contribution in [-0.4, -0.2) is 46.2 Å². The normalized spacial score (nSPS) is 27.4. The Kier molecular flexibility index (Phi) is 5.19. The van der Waals surface area contributed by atoms with Crippen LogP contribution < -0.4 is 4.74 Å². The fourth-order valence-corrected chi connectivity index (χ4v) is 5.05. The minimum absolute atomic E-state index is 0.192. The minimum Gasteiger partial charge on any atom is -0.486 e. The lowest BCUT2D eigenvalue weighted by Gasteiger charge is -2.35. The number of thiophene rings is 1. The molecule has 0 spiro atoms. The molecule has 2 aromatic rings. The summed E-state index contributed by atoms with van der Waals surface area (Å²) in [6.07, 6.45) is 1.22. The molecule has 6 heteroatoms. The number of aromatic nitrogens is 1. The van der Waals surface area contributed by atoms with Gasteiger partial charge >= 0.3 is 0 Å². The van der Waals surface area contributed by atoms with Crippen molar-refractivity contribution in [1.29, 1.82) is 0 Å². The van der Waals surface area contributed by atoms with Crippen LogP contribution in [-0.2, 0) is 11.2 Å². The Morgan fingerprint density at radius 3 is 2.74 bits per heavy atom. The number of nitrogens with zero attached hydrogens (tertiary/aromatic N) is 2. The third-order valence-electron chi connectivity index (χ3n) is 5.80. The number of fused-ring (bicyclic) bond motifs is 1. The zero-order valence-electron chi connectivity index (χ0n) is 15.8. The summed E-state index contributed by atoms with van der Waals surface area (Å²) >= 11 is 1.63. The summed E-state index contributed by atoms with van der Waals surface area (Å²) in [5, 5.41) is 12.6. The van der Waals surface area contributed by atoms with Gasteiger partial charge in [-0.3, -0.25) is 9.78 Å². The van der Waals surface area contributed by atoms with Gasteiger partial charge in [0.05, 0.1) is 18.2 Å². The van der Waals surface area contributed by atoms with E-state index in [1.54, 1.807) is 11.3 Å². The summed E-state index contributed by atoms with van der Waals surface area (Å²) in [6.45, 7) is 5.41. The molecule has 0 aromatic carbocycles. The van der Waals surface area contributed by atoms with Crippen molar-refractivity contribution in [2.75, 3.05) is 13.1 Å². The van der Waals surface area contributed by atoms with Crippen LogP contribution in [0.1, 0.15) is 29.1 Å². The van der Waals surface area contributed by atoms with Crippen LogP contribution in [0.25, 0.3) is 0 Å². The Hall–Kier alpha value is -1.92. The topological polar surface area (TPSA) is 62.7 Å². The first-order chi connectivity index (χ1) is 13.0. The zero-order valence-corrected chi connectivity index (χ0v) is 16.6. The van der Waals surface area contributed by atoms with Gasteiger partial charge in [0.2, 0.25) is 5.91 Å². The lowest BCUT2D eigenvalue weighted by Crippen LogP contribution is -2.42. The molecule has 144 valence electrons. The van der Waals surface area contributed by atoms with E-state index < -0.39 is 6.10 Å². The van der Waals surface area contributed by atoms with Crippen molar-refractivity contribution >= 4 is 17.2 Å². The highest BCUT2D eigenvalue weighted by Crippen LogP contribution is 2.38. The molecule has 27 heavy (non-hydrogen) atoms. The van der Waals surface area contributed by atoms with Gasteiger partial charge < -0.3 is 14.7 Å². The van der Waals surface area contributed by atoms with E-state index in [4.69, 9.17) is 4.74 Å². The summed E-state index contributed by atoms with van der Waals surface area (Å²) < 4.78 is 6.13. The quantitative estimate of drug-likeness (QED) is 0.878. The van der Waals surface area contributed by atoms with Crippen LogP contribution in [0.5, 0.6) is 5.75 Å². The van der Waals surface area contributed by atoms with Gasteiger partial charge in [-0.05, 0) is 62.1 Å². The summed E-state index contributed by atoms with van der Waals surface area (Å²) in [5.74, 6) is 1.69. The standard InChI is InChI=1S/C21H26N2O3S/c1-13-5-6-19(14(2)22-13)26-20-9-16-12-23(11-15(16)8-18(20)24)21(25)10-17-4-3-7-27-17/h3-7,15-16,18,20,24H,8-12H2,1-2H3/t15-,16+,18+,20+/m0/s1. The molecule has 4 rings (SSSR count). The molecule has 0 bridgehead atoms. The Balaban J connectivity index is 1.39. The summed E-state index contributed by atoms with van der Waals surface area (Å²) in [5.41, 5.74) is 1.81. The zero-order chi connectivity index (χ0) is 19.0. The van der Waals surface area contributed by atoms with Crippen molar-refractivity contribution in [3.8, 4) is 5.75 Å². The molecule has 5 nitrogen and oxygen atoms in total. The second-order valence-corrected chi connectivity index (χ2v) is 8.84. The van der Waals surface area contributed by atoms with E-state index >= 15 is 0 Å². The number of carbonyl (C=O) groups is 1. The maximum atomic E-state index is 12.6. The molecule has 1 N–H and O–H groups in total. The molecule has 1 saturated heterocycles. The molecule has 0 radical (unpaired) electrons. The van der Waals surface area contributed by atoms with Crippen molar-refractivity contribution in [2.24, 2.45) is 11.8 Å². The highest BCUT2D eigenvalue weighted by molar-refractivity contribution is 7.10. The number of ether oxygens (including phenoxy) is 1. The highest BCUT2D eigenvalue weighted by Gasteiger charge is 2.43. The summed E-state index contributed by atoms with van der Waals surface area (Å²) in [6, 6.07) is 7.86. The number of pyridine rings is 1. The van der Waals surface area contributed by atoms with Crippen LogP contribution in [0.15, 0.2) is 29.6 Å². The lowest BCUT2D eigenvalue weighted by molar-refractivity contribution is -0.129. The number of aliphatic hydroxyl groups excluding tert-OH is 1. The number of aryl methyl sites for hydroxylation is 2. The van der Waals surface area contributed by atoms with Crippen molar-refractivity contribution in [1.82, 2.24) is 9.88 Å². The fourth-order valence-electron chi connectivity index (χ4n) is 4.36. The van der Waals surface area contributed by atoms with E-state index in [0.717, 1.165) is 41.5 Å². The molecule has 2 fully saturated rings. The number of rotatable bonds is 4. The van der Waals surface area contributed by atoms with E-state index in [9.17, 15) is 9.90 Å². The Morgan fingerprint density at radius 1 is 1.26 bits per heavy atom. The van der Waals surface area contributed by atoms with Crippen LogP contribution >= 0.6 is 11.3 Å². The van der Waals surface area contributed by atoms with Gasteiger partial charge in [0.15, 0.2) is 0 Å². The maximum Gasteiger partial charge on any atom is 0.227 e. The van der Waals surface area contributed by atoms with Crippen molar-refractivity contribution in [2.45, 2.75) is 45.3 Å². The first-order valence-electron chi connectivity index (χ1n) is 9.58. The van der Waals surface area contributed by atoms with Gasteiger partial charge in [-0.1, -0.05) is 6.07 Å². The van der Waals surface area contributed by atoms with Gasteiger partial charge in [-0.2, -0.15) is 0 Å². The third-order valence-corrected chi connectivity index (χ3v) is 6.67. The van der Waals surface area contributed by atoms with Crippen molar-refractivity contribution in [3.63, 3.8) is 0 Å². The van der Waals surface area contributed by atoms with Crippen LogP contribution in [0, 0.1) is 25.7 Å². The van der Waals surface area contributed by atoms with Gasteiger partial charge in [0.25, 0.3) is 0 Å². The molecule has 1 aliphatic heterocycles. The third kappa shape index (κ3) is 4.01. The molecule has 2 aromatic heterocycles. The number of carbonyl (C=O) groups excluding carboxylic acids is 1. The van der Waals surface area contributed by atoms with E-state index in [1.165, 1.54) is 0 Å². The van der Waals surface area contributed by atoms with Crippen LogP contribution in [0.3, 0.4) is 0 Å². The minimum atomic E-state index is -0.501. The number of likely N-dealkylation sites (tertiary alicyclic amines) is 1. The van der Waals surface area contributed by atoms with Crippen molar-refractivity contribution < 1.29 is 14.6 Å². The second-order valence-electron chi connectivity index (χ2n) is 7.81. The lowest BCUT2D eigenvalue weighted by atomic mass is 9.78. The molecule has 3 heterocycles. The smallest absolute Gasteiger partial charge is 0.227 e. The molecule has 1 saturated carbocycles. The van der Waals surface area contributed by atoms with Crippen LogP contribution in [0.4, 0.5) is 0 Å². The van der Waals surface area contributed by atoms with Gasteiger partial charge in [0, 0.05) is 23.7 Å². The van der Waals surface area contributed by atoms with Gasteiger partial charge in [0.1, 0.15) is 11.9 Å². The number of amides is 1. The fraction of sp³-hybridized carbons (Fsp3) is 0.524. The predicted octanol–water partition coefficient (Wildman–Crippen LogP) is 2.98. The molecule has 2 aliphatic rings.